The second-order valence-electron chi connectivity index (χ2n) is 4.74. The smallest absolute Gasteiger partial charge is 0.250 e. The molecule has 0 aliphatic heterocycles. The number of aromatic nitrogens is 3. The molecule has 120 valence electrons. The molecule has 22 heavy (non-hydrogen) atoms. The Bertz CT molecular complexity index is 726. The van der Waals surface area contributed by atoms with Gasteiger partial charge in [0.15, 0.2) is 0 Å². The fraction of sp³-hybridized carbons (Fsp3) is 0.385. The van der Waals surface area contributed by atoms with Gasteiger partial charge in [-0.05, 0) is 18.6 Å². The number of benzene rings is 1. The van der Waals surface area contributed by atoms with Crippen molar-refractivity contribution < 1.29 is 8.42 Å². The number of rotatable bonds is 7. The van der Waals surface area contributed by atoms with E-state index in [0.29, 0.717) is 28.6 Å². The van der Waals surface area contributed by atoms with Crippen LogP contribution in [0.15, 0.2) is 24.5 Å². The third kappa shape index (κ3) is 4.59. The lowest BCUT2D eigenvalue weighted by molar-refractivity contribution is 0.597. The Morgan fingerprint density at radius 1 is 1.27 bits per heavy atom. The Kier molecular flexibility index (Phi) is 5.66. The molecule has 0 amide bonds. The Morgan fingerprint density at radius 3 is 2.59 bits per heavy atom. The molecule has 0 saturated heterocycles. The molecule has 1 N–H and O–H groups in total. The van der Waals surface area contributed by atoms with E-state index in [9.17, 15) is 8.42 Å². The summed E-state index contributed by atoms with van der Waals surface area (Å²) in [5.41, 5.74) is 0.705. The Labute approximate surface area is 139 Å². The molecule has 1 aromatic carbocycles. The molecule has 0 spiro atoms. The van der Waals surface area contributed by atoms with Gasteiger partial charge in [-0.25, -0.2) is 17.8 Å². The molecule has 9 heteroatoms. The van der Waals surface area contributed by atoms with Crippen molar-refractivity contribution in [3.63, 3.8) is 0 Å². The summed E-state index contributed by atoms with van der Waals surface area (Å²) in [6.45, 7) is 2.23. The minimum Gasteiger partial charge on any atom is -0.250 e. The first kappa shape index (κ1) is 17.1. The molecule has 2 aromatic rings. The van der Waals surface area contributed by atoms with Crippen LogP contribution in [0.3, 0.4) is 0 Å². The van der Waals surface area contributed by atoms with Gasteiger partial charge in [-0.1, -0.05) is 42.6 Å². The van der Waals surface area contributed by atoms with Crippen molar-refractivity contribution in [2.75, 3.05) is 10.5 Å². The van der Waals surface area contributed by atoms with Crippen molar-refractivity contribution in [2.45, 2.75) is 26.3 Å². The van der Waals surface area contributed by atoms with Crippen molar-refractivity contribution in [3.05, 3.63) is 40.1 Å². The van der Waals surface area contributed by atoms with Gasteiger partial charge in [0, 0.05) is 15.6 Å². The van der Waals surface area contributed by atoms with Crippen LogP contribution in [0.4, 0.5) is 5.95 Å². The summed E-state index contributed by atoms with van der Waals surface area (Å²) in [5, 5.41) is 5.12. The van der Waals surface area contributed by atoms with Gasteiger partial charge in [0.25, 0.3) is 5.95 Å². The van der Waals surface area contributed by atoms with Crippen molar-refractivity contribution in [2.24, 2.45) is 0 Å². The van der Waals surface area contributed by atoms with Crippen LogP contribution in [0.1, 0.15) is 25.3 Å². The second kappa shape index (κ2) is 7.30. The first-order chi connectivity index (χ1) is 10.4. The van der Waals surface area contributed by atoms with Crippen LogP contribution in [0, 0.1) is 0 Å². The van der Waals surface area contributed by atoms with Crippen LogP contribution < -0.4 is 4.72 Å². The zero-order valence-electron chi connectivity index (χ0n) is 12.0. The number of nitrogens with one attached hydrogen (secondary N) is 1. The van der Waals surface area contributed by atoms with E-state index >= 15 is 0 Å². The summed E-state index contributed by atoms with van der Waals surface area (Å²) in [6.07, 6.45) is 2.82. The van der Waals surface area contributed by atoms with Gasteiger partial charge in [-0.15, -0.1) is 5.10 Å². The fourth-order valence-corrected chi connectivity index (χ4v) is 3.45. The molecule has 0 aliphatic carbocycles. The van der Waals surface area contributed by atoms with Crippen molar-refractivity contribution in [1.29, 1.82) is 0 Å². The van der Waals surface area contributed by atoms with Gasteiger partial charge in [0.05, 0.1) is 12.3 Å². The van der Waals surface area contributed by atoms with Crippen LogP contribution in [-0.4, -0.2) is 28.9 Å². The third-order valence-corrected chi connectivity index (χ3v) is 4.96. The molecule has 1 heterocycles. The molecule has 0 fully saturated rings. The lowest BCUT2D eigenvalue weighted by Crippen LogP contribution is -2.17. The molecule has 0 atom stereocenters. The monoisotopic (exact) mass is 362 g/mol. The molecule has 2 rings (SSSR count). The minimum absolute atomic E-state index is 0.0410. The maximum absolute atomic E-state index is 11.8. The SMILES string of the molecule is CCCCS(=O)(=O)Nc1ncn(Cc2c(Cl)cccc2Cl)n1. The lowest BCUT2D eigenvalue weighted by atomic mass is 10.2. The summed E-state index contributed by atoms with van der Waals surface area (Å²) < 4.78 is 27.4. The van der Waals surface area contributed by atoms with Crippen LogP contribution in [-0.2, 0) is 16.6 Å². The van der Waals surface area contributed by atoms with Gasteiger partial charge in [-0.3, -0.25) is 0 Å². The summed E-state index contributed by atoms with van der Waals surface area (Å²) in [6, 6.07) is 5.21. The average molecular weight is 363 g/mol. The van der Waals surface area contributed by atoms with Gasteiger partial charge >= 0.3 is 0 Å². The third-order valence-electron chi connectivity index (χ3n) is 2.93. The van der Waals surface area contributed by atoms with Crippen molar-refractivity contribution in [3.8, 4) is 0 Å². The van der Waals surface area contributed by atoms with Gasteiger partial charge in [0.1, 0.15) is 6.33 Å². The quantitative estimate of drug-likeness (QED) is 0.820. The number of anilines is 1. The van der Waals surface area contributed by atoms with Gasteiger partial charge in [0.2, 0.25) is 10.0 Å². The highest BCUT2D eigenvalue weighted by molar-refractivity contribution is 7.92. The normalized spacial score (nSPS) is 11.6. The van der Waals surface area contributed by atoms with E-state index in [-0.39, 0.29) is 11.7 Å². The predicted octanol–water partition coefficient (Wildman–Crippen LogP) is 3.18. The number of sulfonamides is 1. The second-order valence-corrected chi connectivity index (χ2v) is 7.40. The highest BCUT2D eigenvalue weighted by Crippen LogP contribution is 2.24. The van der Waals surface area contributed by atoms with Crippen molar-refractivity contribution >= 4 is 39.2 Å². The van der Waals surface area contributed by atoms with Crippen LogP contribution in [0.25, 0.3) is 0 Å². The predicted molar refractivity (Wildman–Crippen MR) is 87.9 cm³/mol. The van der Waals surface area contributed by atoms with E-state index in [4.69, 9.17) is 23.2 Å². The number of hydrogen-bond donors (Lipinski definition) is 1. The molecular weight excluding hydrogens is 347 g/mol. The highest BCUT2D eigenvalue weighted by Gasteiger charge is 2.13. The molecule has 0 saturated carbocycles. The van der Waals surface area contributed by atoms with E-state index in [1.165, 1.54) is 11.0 Å². The molecule has 0 bridgehead atoms. The minimum atomic E-state index is -3.41. The summed E-state index contributed by atoms with van der Waals surface area (Å²) in [4.78, 5) is 3.94. The number of hydrogen-bond acceptors (Lipinski definition) is 4. The number of unbranched alkanes of at least 4 members (excludes halogenated alkanes) is 1. The van der Waals surface area contributed by atoms with Gasteiger partial charge < -0.3 is 0 Å². The van der Waals surface area contributed by atoms with E-state index in [0.717, 1.165) is 6.42 Å². The van der Waals surface area contributed by atoms with Crippen molar-refractivity contribution in [1.82, 2.24) is 14.8 Å². The molecule has 0 unspecified atom stereocenters. The van der Waals surface area contributed by atoms with E-state index in [2.05, 4.69) is 14.8 Å². The maximum atomic E-state index is 11.8. The molecule has 1 aromatic heterocycles. The van der Waals surface area contributed by atoms with Crippen LogP contribution in [0.2, 0.25) is 10.0 Å². The molecule has 0 radical (unpaired) electrons. The van der Waals surface area contributed by atoms with Crippen LogP contribution in [0.5, 0.6) is 0 Å². The summed E-state index contributed by atoms with van der Waals surface area (Å²) in [5.74, 6) is 0.0910. The zero-order chi connectivity index (χ0) is 16.2. The van der Waals surface area contributed by atoms with E-state index < -0.39 is 10.0 Å². The Balaban J connectivity index is 2.09. The summed E-state index contributed by atoms with van der Waals surface area (Å²) in [7, 11) is -3.41. The summed E-state index contributed by atoms with van der Waals surface area (Å²) >= 11 is 12.2. The maximum Gasteiger partial charge on any atom is 0.255 e. The average Bonchev–Trinajstić information content (AvgIpc) is 2.87. The highest BCUT2D eigenvalue weighted by atomic mass is 35.5. The Hall–Kier alpha value is -1.31. The fourth-order valence-electron chi connectivity index (χ4n) is 1.79. The largest absolute Gasteiger partial charge is 0.255 e. The topological polar surface area (TPSA) is 76.9 Å². The lowest BCUT2D eigenvalue weighted by Gasteiger charge is -2.06. The van der Waals surface area contributed by atoms with Gasteiger partial charge in [-0.2, -0.15) is 4.98 Å². The molecular formula is C13H16Cl2N4O2S. The van der Waals surface area contributed by atoms with Crippen LogP contribution >= 0.6 is 23.2 Å². The standard InChI is InChI=1S/C13H16Cl2N4O2S/c1-2-3-7-22(20,21)18-13-16-9-19(17-13)8-10-11(14)5-4-6-12(10)15/h4-6,9H,2-3,7-8H2,1H3,(H,17,18). The van der Waals surface area contributed by atoms with E-state index in [1.807, 2.05) is 6.92 Å². The molecule has 6 nitrogen and oxygen atoms in total. The Morgan fingerprint density at radius 2 is 1.95 bits per heavy atom. The first-order valence-electron chi connectivity index (χ1n) is 6.74. The zero-order valence-corrected chi connectivity index (χ0v) is 14.3. The first-order valence-corrected chi connectivity index (χ1v) is 9.15. The molecule has 0 aliphatic rings. The number of nitrogens with zero attached hydrogens (tertiary/aromatic N) is 3. The number of halogens is 2. The van der Waals surface area contributed by atoms with E-state index in [1.54, 1.807) is 18.2 Å².